The molecule has 2 aliphatic rings. The summed E-state index contributed by atoms with van der Waals surface area (Å²) < 4.78 is 13.4. The molecule has 0 aromatic carbocycles. The van der Waals surface area contributed by atoms with E-state index in [1.807, 2.05) is 4.90 Å². The molecular weight excluding hydrogens is 384 g/mol. The smallest absolute Gasteiger partial charge is 0.290 e. The zero-order valence-corrected chi connectivity index (χ0v) is 18.0. The summed E-state index contributed by atoms with van der Waals surface area (Å²) in [5.74, 6) is 0.239. The largest absolute Gasteiger partial charge is 0.354 e. The molecule has 2 aromatic heterocycles. The number of nitrogens with zero attached hydrogens (tertiary/aromatic N) is 4. The van der Waals surface area contributed by atoms with E-state index in [0.29, 0.717) is 53.4 Å². The molecule has 2 aliphatic heterocycles. The molecule has 0 spiro atoms. The van der Waals surface area contributed by atoms with Gasteiger partial charge in [0.25, 0.3) is 11.1 Å². The van der Waals surface area contributed by atoms with Crippen LogP contribution in [-0.2, 0) is 4.79 Å². The third kappa shape index (κ3) is 4.15. The monoisotopic (exact) mass is 398 g/mol. The third-order valence-corrected chi connectivity index (χ3v) is 4.94. The molecule has 0 aliphatic carbocycles. The van der Waals surface area contributed by atoms with Crippen LogP contribution in [-0.4, -0.2) is 96.7 Å². The van der Waals surface area contributed by atoms with Crippen LogP contribution < -0.4 is 10.2 Å². The maximum atomic E-state index is 13.4. The summed E-state index contributed by atoms with van der Waals surface area (Å²) in [6.07, 6.45) is 3.20. The quantitative estimate of drug-likeness (QED) is 0.611. The Balaban J connectivity index is 0.00000196. The minimum Gasteiger partial charge on any atom is -0.354 e. The molecule has 10 heteroatoms. The van der Waals surface area contributed by atoms with Crippen LogP contribution in [0.5, 0.6) is 0 Å². The van der Waals surface area contributed by atoms with E-state index in [9.17, 15) is 14.0 Å². The number of piperidine rings is 1. The Morgan fingerprint density at radius 1 is 1.23 bits per heavy atom. The van der Waals surface area contributed by atoms with Crippen LogP contribution >= 0.6 is 11.8 Å². The van der Waals surface area contributed by atoms with Crippen molar-refractivity contribution in [1.82, 2.24) is 20.3 Å². The van der Waals surface area contributed by atoms with E-state index in [1.54, 1.807) is 18.2 Å². The fraction of sp³-hybridized carbons (Fsp3) is 0.312. The molecule has 2 amide bonds. The standard InChI is InChI=1S/C16H14FN5O2S.K/c17-9-3-5-22(6-4-9)14-13-11(18-8-19-14)2-1-10(20-13)7-12-15(23)21-16(24)25-12;/h1-2,7-9H,3-6H2,(H,21,23,24);. The van der Waals surface area contributed by atoms with Gasteiger partial charge in [0.1, 0.15) is 18.0 Å². The minimum atomic E-state index is -0.770. The zero-order chi connectivity index (χ0) is 17.4. The van der Waals surface area contributed by atoms with Crippen molar-refractivity contribution in [2.75, 3.05) is 18.0 Å². The molecule has 1 N–H and O–H groups in total. The normalized spacial score (nSPS) is 19.7. The summed E-state index contributed by atoms with van der Waals surface area (Å²) in [7, 11) is 0. The number of anilines is 1. The van der Waals surface area contributed by atoms with Crippen molar-refractivity contribution in [1.29, 1.82) is 0 Å². The molecule has 2 aromatic rings. The van der Waals surface area contributed by atoms with Gasteiger partial charge in [-0.25, -0.2) is 19.3 Å². The van der Waals surface area contributed by atoms with E-state index in [-0.39, 0.29) is 51.4 Å². The predicted octanol–water partition coefficient (Wildman–Crippen LogP) is 1.91. The molecule has 2 saturated heterocycles. The molecular formula is C16H14FKN5O2S. The number of thioether (sulfide) groups is 1. The molecule has 4 heterocycles. The maximum Gasteiger partial charge on any atom is 0.290 e. The number of hydrogen-bond acceptors (Lipinski definition) is 7. The number of carbonyl (C=O) groups excluding carboxylic acids is 2. The number of fused-ring (bicyclic) bond motifs is 1. The van der Waals surface area contributed by atoms with Gasteiger partial charge < -0.3 is 4.90 Å². The number of carbonyl (C=O) groups is 2. The fourth-order valence-electron chi connectivity index (χ4n) is 2.87. The molecule has 0 saturated carbocycles. The number of amides is 2. The number of pyridine rings is 1. The van der Waals surface area contributed by atoms with Gasteiger partial charge in [-0.15, -0.1) is 0 Å². The van der Waals surface area contributed by atoms with E-state index in [2.05, 4.69) is 20.3 Å². The van der Waals surface area contributed by atoms with Crippen molar-refractivity contribution in [2.24, 2.45) is 0 Å². The minimum absolute atomic E-state index is 0. The Bertz CT molecular complexity index is 901. The van der Waals surface area contributed by atoms with Gasteiger partial charge in [-0.2, -0.15) is 0 Å². The van der Waals surface area contributed by atoms with Crippen molar-refractivity contribution in [3.63, 3.8) is 0 Å². The topological polar surface area (TPSA) is 88.1 Å². The molecule has 0 bridgehead atoms. The van der Waals surface area contributed by atoms with Gasteiger partial charge >= 0.3 is 0 Å². The van der Waals surface area contributed by atoms with Crippen LogP contribution in [0.3, 0.4) is 0 Å². The molecule has 2 fully saturated rings. The second kappa shape index (κ2) is 8.40. The summed E-state index contributed by atoms with van der Waals surface area (Å²) in [4.78, 5) is 38.3. The second-order valence-corrected chi connectivity index (χ2v) is 6.83. The molecule has 0 atom stereocenters. The number of aromatic nitrogens is 3. The van der Waals surface area contributed by atoms with Crippen molar-refractivity contribution in [3.05, 3.63) is 29.1 Å². The first-order valence-corrected chi connectivity index (χ1v) is 8.67. The number of rotatable bonds is 2. The average Bonchev–Trinajstić information content (AvgIpc) is 2.92. The molecule has 0 unspecified atom stereocenters. The van der Waals surface area contributed by atoms with Gasteiger partial charge in [-0.3, -0.25) is 14.9 Å². The average molecular weight is 398 g/mol. The number of hydrogen-bond donors (Lipinski definition) is 1. The van der Waals surface area contributed by atoms with E-state index < -0.39 is 17.3 Å². The number of halogens is 1. The fourth-order valence-corrected chi connectivity index (χ4v) is 3.54. The van der Waals surface area contributed by atoms with E-state index in [1.165, 1.54) is 6.33 Å². The molecule has 1 radical (unpaired) electrons. The summed E-state index contributed by atoms with van der Waals surface area (Å²) >= 11 is 0.845. The van der Waals surface area contributed by atoms with Gasteiger partial charge in [-0.05, 0) is 42.8 Å². The first-order chi connectivity index (χ1) is 12.1. The Hall–Kier alpha value is -0.914. The van der Waals surface area contributed by atoms with Gasteiger partial charge in [0.05, 0.1) is 16.1 Å². The predicted molar refractivity (Wildman–Crippen MR) is 98.5 cm³/mol. The number of alkyl halides is 1. The van der Waals surface area contributed by atoms with Crippen LogP contribution in [0.25, 0.3) is 17.1 Å². The van der Waals surface area contributed by atoms with Crippen LogP contribution in [0.4, 0.5) is 15.0 Å². The Morgan fingerprint density at radius 2 is 2.00 bits per heavy atom. The van der Waals surface area contributed by atoms with Crippen LogP contribution in [0.2, 0.25) is 0 Å². The van der Waals surface area contributed by atoms with E-state index in [0.717, 1.165) is 11.8 Å². The Kier molecular flexibility index (Phi) is 6.41. The van der Waals surface area contributed by atoms with Crippen molar-refractivity contribution in [2.45, 2.75) is 19.0 Å². The van der Waals surface area contributed by atoms with Crippen LogP contribution in [0, 0.1) is 0 Å². The molecule has 7 nitrogen and oxygen atoms in total. The van der Waals surface area contributed by atoms with E-state index >= 15 is 0 Å². The van der Waals surface area contributed by atoms with Gasteiger partial charge in [0, 0.05) is 64.5 Å². The van der Waals surface area contributed by atoms with Crippen molar-refractivity contribution < 1.29 is 14.0 Å². The van der Waals surface area contributed by atoms with Gasteiger partial charge in [0.2, 0.25) is 0 Å². The second-order valence-electron chi connectivity index (χ2n) is 5.82. The van der Waals surface area contributed by atoms with Crippen molar-refractivity contribution >= 4 is 97.2 Å². The molecule has 4 rings (SSSR count). The van der Waals surface area contributed by atoms with Crippen molar-refractivity contribution in [3.8, 4) is 0 Å². The Morgan fingerprint density at radius 3 is 2.69 bits per heavy atom. The first kappa shape index (κ1) is 19.8. The van der Waals surface area contributed by atoms with Crippen LogP contribution in [0.1, 0.15) is 18.5 Å². The summed E-state index contributed by atoms with van der Waals surface area (Å²) in [5, 5.41) is 1.82. The van der Waals surface area contributed by atoms with Crippen LogP contribution in [0.15, 0.2) is 23.4 Å². The maximum absolute atomic E-state index is 13.4. The van der Waals surface area contributed by atoms with Gasteiger partial charge in [0.15, 0.2) is 5.82 Å². The molecule has 129 valence electrons. The van der Waals surface area contributed by atoms with E-state index in [4.69, 9.17) is 0 Å². The zero-order valence-electron chi connectivity index (χ0n) is 14.1. The third-order valence-electron chi connectivity index (χ3n) is 4.13. The Labute approximate surface area is 195 Å². The summed E-state index contributed by atoms with van der Waals surface area (Å²) in [5.41, 5.74) is 1.81. The first-order valence-electron chi connectivity index (χ1n) is 7.86. The summed E-state index contributed by atoms with van der Waals surface area (Å²) in [6, 6.07) is 3.53. The molecule has 26 heavy (non-hydrogen) atoms. The summed E-state index contributed by atoms with van der Waals surface area (Å²) in [6.45, 7) is 1.15. The number of nitrogens with one attached hydrogen (secondary N) is 1. The SMILES string of the molecule is O=C1NC(=O)C(=Cc2ccc3ncnc(N4CCC(F)CC4)c3n2)S1.[K]. The van der Waals surface area contributed by atoms with Gasteiger partial charge in [-0.1, -0.05) is 0 Å². The number of imide groups is 1.